The second-order valence-electron chi connectivity index (χ2n) is 17.0. The number of nitrogens with one attached hydrogen (secondary N) is 4. The van der Waals surface area contributed by atoms with Crippen molar-refractivity contribution >= 4 is 76.3 Å². The summed E-state index contributed by atoms with van der Waals surface area (Å²) in [5.41, 5.74) is 11.8. The van der Waals surface area contributed by atoms with Crippen LogP contribution in [0.3, 0.4) is 0 Å². The third kappa shape index (κ3) is 9.87. The van der Waals surface area contributed by atoms with Crippen molar-refractivity contribution in [3.63, 3.8) is 0 Å². The van der Waals surface area contributed by atoms with Crippen molar-refractivity contribution in [1.82, 2.24) is 30.6 Å². The van der Waals surface area contributed by atoms with Gasteiger partial charge in [-0.25, -0.2) is 29.1 Å². The lowest BCUT2D eigenvalue weighted by Crippen LogP contribution is -2.34. The van der Waals surface area contributed by atoms with E-state index in [1.165, 1.54) is 36.4 Å². The van der Waals surface area contributed by atoms with Crippen molar-refractivity contribution in [3.8, 4) is 44.5 Å². The van der Waals surface area contributed by atoms with E-state index in [9.17, 15) is 39.3 Å². The number of aromatic nitrogens is 4. The van der Waals surface area contributed by atoms with Crippen LogP contribution < -0.4 is 10.6 Å². The number of hydrogen-bond donors (Lipinski definition) is 7. The Kier molecular flexibility index (Phi) is 12.8. The summed E-state index contributed by atoms with van der Waals surface area (Å²) >= 11 is 0. The number of rotatable bonds is 13. The van der Waals surface area contributed by atoms with E-state index in [1.54, 1.807) is 48.5 Å². The monoisotopic (exact) mass is 966 g/mol. The third-order valence-electron chi connectivity index (χ3n) is 12.3. The van der Waals surface area contributed by atoms with E-state index in [4.69, 9.17) is 14.7 Å². The second-order valence-corrected chi connectivity index (χ2v) is 17.0. The molecule has 0 aliphatic carbocycles. The zero-order valence-electron chi connectivity index (χ0n) is 38.6. The molecule has 0 radical (unpaired) electrons. The minimum Gasteiger partial charge on any atom is -0.478 e. The molecule has 0 fully saturated rings. The van der Waals surface area contributed by atoms with Crippen LogP contribution in [0.2, 0.25) is 0 Å². The van der Waals surface area contributed by atoms with Crippen molar-refractivity contribution in [1.29, 1.82) is 0 Å². The van der Waals surface area contributed by atoms with Crippen LogP contribution >= 0.6 is 0 Å². The summed E-state index contributed by atoms with van der Waals surface area (Å²) in [6, 6.07) is 43.5. The first-order valence-electron chi connectivity index (χ1n) is 23.0. The largest absolute Gasteiger partial charge is 0.478 e. The van der Waals surface area contributed by atoms with E-state index in [1.807, 2.05) is 91.0 Å². The number of alkyl carbamates (subject to hydrolysis) is 1. The van der Waals surface area contributed by atoms with Gasteiger partial charge in [-0.3, -0.25) is 4.79 Å². The number of benzene rings is 5. The molecule has 0 unspecified atom stereocenters. The fraction of sp³-hybridized carbons (Fsp3) is 0.0517. The van der Waals surface area contributed by atoms with Gasteiger partial charge in [0.25, 0.3) is 5.91 Å². The predicted molar refractivity (Wildman–Crippen MR) is 278 cm³/mol. The highest BCUT2D eigenvalue weighted by Gasteiger charge is 2.20. The third-order valence-corrected chi connectivity index (χ3v) is 12.3. The Morgan fingerprint density at radius 2 is 0.740 bits per heavy atom. The van der Waals surface area contributed by atoms with Crippen LogP contribution in [0.4, 0.5) is 4.79 Å². The Bertz CT molecular complexity index is 3670. The van der Waals surface area contributed by atoms with Gasteiger partial charge in [0.2, 0.25) is 0 Å². The van der Waals surface area contributed by atoms with Gasteiger partial charge in [-0.05, 0) is 125 Å². The maximum absolute atomic E-state index is 13.4. The van der Waals surface area contributed by atoms with Gasteiger partial charge in [0, 0.05) is 63.0 Å². The number of carboxylic acid groups (broad SMARTS) is 3. The number of carbonyl (C=O) groups is 5. The molecule has 0 saturated heterocycles. The second kappa shape index (κ2) is 20.1. The van der Waals surface area contributed by atoms with Gasteiger partial charge in [-0.15, -0.1) is 0 Å². The number of amides is 2. The minimum atomic E-state index is -1.07. The van der Waals surface area contributed by atoms with Crippen LogP contribution in [-0.2, 0) is 11.3 Å². The quantitative estimate of drug-likeness (QED) is 0.0537. The van der Waals surface area contributed by atoms with Gasteiger partial charge in [0.15, 0.2) is 0 Å². The molecule has 2 aliphatic heterocycles. The molecular formula is C58H42N6O9. The van der Waals surface area contributed by atoms with Gasteiger partial charge in [-0.1, -0.05) is 78.9 Å². The Hall–Kier alpha value is -10.2. The van der Waals surface area contributed by atoms with Gasteiger partial charge >= 0.3 is 24.0 Å². The van der Waals surface area contributed by atoms with Crippen molar-refractivity contribution < 1.29 is 44.0 Å². The van der Waals surface area contributed by atoms with E-state index >= 15 is 0 Å². The van der Waals surface area contributed by atoms with E-state index in [2.05, 4.69) is 20.6 Å². The van der Waals surface area contributed by atoms with Crippen LogP contribution in [0.1, 0.15) is 69.8 Å². The number of aromatic carboxylic acids is 3. The Labute approximate surface area is 415 Å². The number of hydrogen-bond acceptors (Lipinski definition) is 8. The number of aromatic amines is 2. The summed E-state index contributed by atoms with van der Waals surface area (Å²) < 4.78 is 5.26. The first kappa shape index (κ1) is 46.6. The highest BCUT2D eigenvalue weighted by molar-refractivity contribution is 6.01. The molecule has 73 heavy (non-hydrogen) atoms. The smallest absolute Gasteiger partial charge is 0.407 e. The normalized spacial score (nSPS) is 11.5. The van der Waals surface area contributed by atoms with E-state index in [-0.39, 0.29) is 42.3 Å². The molecule has 0 saturated carbocycles. The topological polar surface area (TPSA) is 237 Å². The minimum absolute atomic E-state index is 0.111. The van der Waals surface area contributed by atoms with Crippen molar-refractivity contribution in [2.45, 2.75) is 6.61 Å². The molecular weight excluding hydrogens is 925 g/mol. The fourth-order valence-electron chi connectivity index (χ4n) is 8.76. The molecule has 10 rings (SSSR count). The lowest BCUT2D eigenvalue weighted by molar-refractivity contribution is 0.0686. The van der Waals surface area contributed by atoms with Crippen LogP contribution in [0.25, 0.3) is 90.9 Å². The number of fused-ring (bicyclic) bond motifs is 8. The predicted octanol–water partition coefficient (Wildman–Crippen LogP) is 11.1. The van der Waals surface area contributed by atoms with Crippen LogP contribution in [-0.4, -0.2) is 78.3 Å². The number of ether oxygens (including phenoxy) is 1. The molecule has 7 N–H and O–H groups in total. The van der Waals surface area contributed by atoms with Crippen molar-refractivity contribution in [2.24, 2.45) is 0 Å². The standard InChI is InChI=1S/C58H42N6O9/c65-54(59-30-31-60-58(72)73-32-33-4-2-1-3-5-33)38-14-6-34(7-15-38)50-42-22-24-44(61-42)51(35-8-16-39(17-9-35)55(66)67)46-26-28-48(63-46)53(37-12-20-41(21-13-37)57(70)71)49-29-27-47(64-49)52(45-25-23-43(50)62-45)36-10-18-40(19-11-36)56(68)69/h1-29,61,64H,30-32H2,(H,59,65)(H,60,72)(H,66,67)(H,68,69)(H,70,71). The van der Waals surface area contributed by atoms with Crippen molar-refractivity contribution in [3.05, 3.63) is 202 Å². The fourth-order valence-corrected chi connectivity index (χ4v) is 8.76. The zero-order chi connectivity index (χ0) is 50.6. The summed E-state index contributed by atoms with van der Waals surface area (Å²) in [6.07, 6.45) is 6.91. The average Bonchev–Trinajstić information content (AvgIpc) is 4.27. The molecule has 5 heterocycles. The van der Waals surface area contributed by atoms with Crippen LogP contribution in [0.5, 0.6) is 0 Å². The number of H-pyrrole nitrogens is 2. The molecule has 8 bridgehead atoms. The molecule has 2 amide bonds. The van der Waals surface area contributed by atoms with E-state index in [0.29, 0.717) is 94.9 Å². The summed E-state index contributed by atoms with van der Waals surface area (Å²) in [4.78, 5) is 79.2. The molecule has 15 nitrogen and oxygen atoms in total. The molecule has 8 aromatic rings. The molecule has 15 heteroatoms. The zero-order valence-corrected chi connectivity index (χ0v) is 38.6. The maximum Gasteiger partial charge on any atom is 0.407 e. The number of carbonyl (C=O) groups excluding carboxylic acids is 2. The van der Waals surface area contributed by atoms with E-state index < -0.39 is 24.0 Å². The van der Waals surface area contributed by atoms with Crippen LogP contribution in [0.15, 0.2) is 152 Å². The summed E-state index contributed by atoms with van der Waals surface area (Å²) in [5.74, 6) is -3.56. The molecule has 0 spiro atoms. The SMILES string of the molecule is O=C(NCCNC(=O)c1ccc(-c2c3nc(c(-c4ccc(C(=O)O)cc4)c4ccc([nH]4)c(-c4ccc(C(=O)O)cc4)c4nc(c(-c5ccc(C(=O)O)cc5)c5ccc2[nH]5)C=C4)C=C3)cc1)OCc1ccccc1. The number of carboxylic acids is 3. The Balaban J connectivity index is 1.12. The lowest BCUT2D eigenvalue weighted by Gasteiger charge is -2.09. The van der Waals surface area contributed by atoms with Gasteiger partial charge in [0.05, 0.1) is 39.5 Å². The molecule has 3 aromatic heterocycles. The van der Waals surface area contributed by atoms with Gasteiger partial charge in [0.1, 0.15) is 6.61 Å². The first-order chi connectivity index (χ1) is 35.5. The maximum atomic E-state index is 13.4. The Morgan fingerprint density at radius 3 is 1.08 bits per heavy atom. The van der Waals surface area contributed by atoms with E-state index in [0.717, 1.165) is 5.56 Å². The lowest BCUT2D eigenvalue weighted by atomic mass is 10.0. The van der Waals surface area contributed by atoms with Gasteiger partial charge in [-0.2, -0.15) is 0 Å². The van der Waals surface area contributed by atoms with Gasteiger partial charge < -0.3 is 40.7 Å². The Morgan fingerprint density at radius 1 is 0.411 bits per heavy atom. The van der Waals surface area contributed by atoms with Crippen molar-refractivity contribution in [2.75, 3.05) is 13.1 Å². The molecule has 5 aromatic carbocycles. The highest BCUT2D eigenvalue weighted by Crippen LogP contribution is 2.39. The highest BCUT2D eigenvalue weighted by atomic mass is 16.5. The number of nitrogens with zero attached hydrogens (tertiary/aromatic N) is 2. The van der Waals surface area contributed by atoms with Crippen LogP contribution in [0, 0.1) is 0 Å². The summed E-state index contributed by atoms with van der Waals surface area (Å²) in [5, 5.41) is 34.8. The molecule has 0 atom stereocenters. The molecule has 358 valence electrons. The summed E-state index contributed by atoms with van der Waals surface area (Å²) in [6.45, 7) is 0.420. The summed E-state index contributed by atoms with van der Waals surface area (Å²) in [7, 11) is 0. The first-order valence-corrected chi connectivity index (χ1v) is 23.0. The average molecular weight is 967 g/mol. The molecule has 2 aliphatic rings.